The molecule has 0 saturated heterocycles. The molecule has 0 aromatic heterocycles. The zero-order valence-corrected chi connectivity index (χ0v) is 15.0. The average Bonchev–Trinajstić information content (AvgIpc) is 2.73. The summed E-state index contributed by atoms with van der Waals surface area (Å²) in [5, 5.41) is 4.02. The van der Waals surface area contributed by atoms with Crippen LogP contribution in [0, 0.1) is 0 Å². The van der Waals surface area contributed by atoms with Crippen molar-refractivity contribution in [2.75, 3.05) is 7.11 Å². The molecule has 0 aliphatic carbocycles. The van der Waals surface area contributed by atoms with Gasteiger partial charge in [0.1, 0.15) is 18.1 Å². The first-order chi connectivity index (χ1) is 13.3. The van der Waals surface area contributed by atoms with E-state index in [0.717, 1.165) is 16.9 Å². The number of hydrogen-bond donors (Lipinski definition) is 1. The Morgan fingerprint density at radius 2 is 1.78 bits per heavy atom. The lowest BCUT2D eigenvalue weighted by Crippen LogP contribution is -2.18. The Labute approximate surface area is 158 Å². The predicted octanol–water partition coefficient (Wildman–Crippen LogP) is 4.04. The maximum absolute atomic E-state index is 12.2. The first-order valence-electron chi connectivity index (χ1n) is 8.49. The number of nitrogens with zero attached hydrogens (tertiary/aromatic N) is 1. The van der Waals surface area contributed by atoms with E-state index >= 15 is 0 Å². The lowest BCUT2D eigenvalue weighted by Gasteiger charge is -2.07. The normalized spacial score (nSPS) is 10.6. The largest absolute Gasteiger partial charge is 0.496 e. The van der Waals surface area contributed by atoms with Gasteiger partial charge in [0.25, 0.3) is 5.91 Å². The second-order valence-electron chi connectivity index (χ2n) is 5.75. The van der Waals surface area contributed by atoms with Crippen LogP contribution in [-0.4, -0.2) is 19.2 Å². The van der Waals surface area contributed by atoms with Crippen molar-refractivity contribution in [3.05, 3.63) is 95.6 Å². The van der Waals surface area contributed by atoms with E-state index in [2.05, 4.69) is 10.5 Å². The van der Waals surface area contributed by atoms with Crippen molar-refractivity contribution in [3.63, 3.8) is 0 Å². The molecule has 0 aliphatic rings. The molecule has 0 aliphatic heterocycles. The number of hydrogen-bond acceptors (Lipinski definition) is 4. The van der Waals surface area contributed by atoms with Gasteiger partial charge in [-0.25, -0.2) is 5.43 Å². The number of ether oxygens (including phenoxy) is 2. The fourth-order valence-electron chi connectivity index (χ4n) is 2.48. The van der Waals surface area contributed by atoms with Crippen molar-refractivity contribution in [1.82, 2.24) is 5.43 Å². The van der Waals surface area contributed by atoms with Gasteiger partial charge in [-0.3, -0.25) is 4.79 Å². The number of amides is 1. The van der Waals surface area contributed by atoms with Gasteiger partial charge in [-0.15, -0.1) is 0 Å². The highest BCUT2D eigenvalue weighted by Crippen LogP contribution is 2.17. The quantitative estimate of drug-likeness (QED) is 0.511. The zero-order chi connectivity index (χ0) is 18.9. The number of hydrazone groups is 1. The van der Waals surface area contributed by atoms with Crippen LogP contribution in [0.1, 0.15) is 21.5 Å². The molecule has 0 unspecified atom stereocenters. The van der Waals surface area contributed by atoms with Crippen LogP contribution in [0.3, 0.4) is 0 Å². The molecule has 136 valence electrons. The molecule has 0 atom stereocenters. The van der Waals surface area contributed by atoms with E-state index in [0.29, 0.717) is 17.9 Å². The summed E-state index contributed by atoms with van der Waals surface area (Å²) in [4.78, 5) is 12.2. The Balaban J connectivity index is 1.59. The minimum absolute atomic E-state index is 0.333. The molecule has 0 fully saturated rings. The summed E-state index contributed by atoms with van der Waals surface area (Å²) in [6.07, 6.45) is 1.57. The Kier molecular flexibility index (Phi) is 6.20. The molecule has 0 radical (unpaired) electrons. The first kappa shape index (κ1) is 18.2. The van der Waals surface area contributed by atoms with Gasteiger partial charge in [0.05, 0.1) is 18.9 Å². The van der Waals surface area contributed by atoms with Crippen LogP contribution in [0.25, 0.3) is 0 Å². The molecular formula is C22H20N2O3. The molecule has 27 heavy (non-hydrogen) atoms. The van der Waals surface area contributed by atoms with E-state index in [-0.39, 0.29) is 5.91 Å². The summed E-state index contributed by atoms with van der Waals surface area (Å²) in [6.45, 7) is 0.492. The zero-order valence-electron chi connectivity index (χ0n) is 15.0. The number of methoxy groups -OCH3 is 1. The molecule has 5 heteroatoms. The summed E-state index contributed by atoms with van der Waals surface area (Å²) in [5.41, 5.74) is 4.86. The summed E-state index contributed by atoms with van der Waals surface area (Å²) in [7, 11) is 1.52. The van der Waals surface area contributed by atoms with Crippen LogP contribution < -0.4 is 14.9 Å². The second kappa shape index (κ2) is 9.20. The summed E-state index contributed by atoms with van der Waals surface area (Å²) >= 11 is 0. The van der Waals surface area contributed by atoms with Crippen molar-refractivity contribution in [2.24, 2.45) is 5.10 Å². The van der Waals surface area contributed by atoms with E-state index in [1.165, 1.54) is 7.11 Å². The molecular weight excluding hydrogens is 340 g/mol. The number of para-hydroxylation sites is 1. The summed E-state index contributed by atoms with van der Waals surface area (Å²) in [6, 6.07) is 24.4. The van der Waals surface area contributed by atoms with E-state index in [1.807, 2.05) is 54.6 Å². The number of carbonyl (C=O) groups excluding carboxylic acids is 1. The van der Waals surface area contributed by atoms with Gasteiger partial charge < -0.3 is 9.47 Å². The number of nitrogens with one attached hydrogen (secondary N) is 1. The molecule has 0 saturated carbocycles. The molecule has 3 aromatic carbocycles. The molecule has 0 heterocycles. The highest BCUT2D eigenvalue weighted by molar-refractivity contribution is 5.97. The van der Waals surface area contributed by atoms with Gasteiger partial charge in [0.2, 0.25) is 0 Å². The molecule has 0 spiro atoms. The van der Waals surface area contributed by atoms with Crippen molar-refractivity contribution >= 4 is 12.1 Å². The van der Waals surface area contributed by atoms with Gasteiger partial charge in [-0.2, -0.15) is 5.10 Å². The molecule has 1 amide bonds. The van der Waals surface area contributed by atoms with E-state index in [1.54, 1.807) is 30.5 Å². The van der Waals surface area contributed by atoms with Crippen LogP contribution in [0.5, 0.6) is 11.5 Å². The summed E-state index contributed by atoms with van der Waals surface area (Å²) < 4.78 is 11.0. The molecule has 3 aromatic rings. The smallest absolute Gasteiger partial charge is 0.275 e. The Morgan fingerprint density at radius 1 is 1.00 bits per heavy atom. The minimum atomic E-state index is -0.333. The maximum atomic E-state index is 12.2. The van der Waals surface area contributed by atoms with Crippen molar-refractivity contribution in [3.8, 4) is 11.5 Å². The van der Waals surface area contributed by atoms with Crippen LogP contribution >= 0.6 is 0 Å². The van der Waals surface area contributed by atoms with Crippen molar-refractivity contribution in [2.45, 2.75) is 6.61 Å². The third-order valence-electron chi connectivity index (χ3n) is 3.84. The fourth-order valence-corrected chi connectivity index (χ4v) is 2.48. The van der Waals surface area contributed by atoms with E-state index in [9.17, 15) is 4.79 Å². The third kappa shape index (κ3) is 5.19. The fraction of sp³-hybridized carbons (Fsp3) is 0.0909. The third-order valence-corrected chi connectivity index (χ3v) is 3.84. The van der Waals surface area contributed by atoms with Gasteiger partial charge in [-0.05, 0) is 35.4 Å². The average molecular weight is 360 g/mol. The monoisotopic (exact) mass is 360 g/mol. The lowest BCUT2D eigenvalue weighted by atomic mass is 10.2. The molecule has 0 bridgehead atoms. The van der Waals surface area contributed by atoms with Gasteiger partial charge in [0, 0.05) is 0 Å². The van der Waals surface area contributed by atoms with Crippen LogP contribution in [-0.2, 0) is 6.61 Å². The lowest BCUT2D eigenvalue weighted by molar-refractivity contribution is 0.0952. The number of carbonyl (C=O) groups is 1. The Hall–Kier alpha value is -3.60. The predicted molar refractivity (Wildman–Crippen MR) is 105 cm³/mol. The van der Waals surface area contributed by atoms with Crippen molar-refractivity contribution in [1.29, 1.82) is 0 Å². The van der Waals surface area contributed by atoms with E-state index < -0.39 is 0 Å². The van der Waals surface area contributed by atoms with Crippen LogP contribution in [0.4, 0.5) is 0 Å². The molecule has 1 N–H and O–H groups in total. The van der Waals surface area contributed by atoms with Gasteiger partial charge >= 0.3 is 0 Å². The minimum Gasteiger partial charge on any atom is -0.496 e. The Morgan fingerprint density at radius 3 is 2.59 bits per heavy atom. The van der Waals surface area contributed by atoms with Crippen molar-refractivity contribution < 1.29 is 14.3 Å². The standard InChI is InChI=1S/C22H20N2O3/c1-26-21-13-6-5-12-20(21)22(25)24-23-15-18-10-7-11-19(14-18)27-16-17-8-3-2-4-9-17/h2-15H,16H2,1H3,(H,24,25)/b23-15-. The first-order valence-corrected chi connectivity index (χ1v) is 8.49. The van der Waals surface area contributed by atoms with Gasteiger partial charge in [-0.1, -0.05) is 54.6 Å². The van der Waals surface area contributed by atoms with Crippen LogP contribution in [0.15, 0.2) is 84.0 Å². The topological polar surface area (TPSA) is 59.9 Å². The van der Waals surface area contributed by atoms with E-state index in [4.69, 9.17) is 9.47 Å². The number of rotatable bonds is 7. The molecule has 5 nitrogen and oxygen atoms in total. The van der Waals surface area contributed by atoms with Crippen LogP contribution in [0.2, 0.25) is 0 Å². The Bertz CT molecular complexity index is 924. The number of benzene rings is 3. The summed E-state index contributed by atoms with van der Waals surface area (Å²) in [5.74, 6) is 0.903. The maximum Gasteiger partial charge on any atom is 0.275 e. The highest BCUT2D eigenvalue weighted by atomic mass is 16.5. The second-order valence-corrected chi connectivity index (χ2v) is 5.75. The molecule has 3 rings (SSSR count). The SMILES string of the molecule is COc1ccccc1C(=O)N/N=C\c1cccc(OCc2ccccc2)c1. The highest BCUT2D eigenvalue weighted by Gasteiger charge is 2.09. The van der Waals surface area contributed by atoms with Gasteiger partial charge in [0.15, 0.2) is 0 Å².